The zero-order valence-corrected chi connectivity index (χ0v) is 11.4. The van der Waals surface area contributed by atoms with Gasteiger partial charge in [0.05, 0.1) is 12.0 Å². The maximum Gasteiger partial charge on any atom is 0.310 e. The Morgan fingerprint density at radius 3 is 2.67 bits per heavy atom. The summed E-state index contributed by atoms with van der Waals surface area (Å²) in [7, 11) is 0. The molecule has 0 radical (unpaired) electrons. The second kappa shape index (κ2) is 6.73. The fourth-order valence-electron chi connectivity index (χ4n) is 2.50. The molecule has 1 unspecified atom stereocenters. The van der Waals surface area contributed by atoms with Gasteiger partial charge in [0.1, 0.15) is 0 Å². The van der Waals surface area contributed by atoms with Gasteiger partial charge < -0.3 is 10.4 Å². The quantitative estimate of drug-likeness (QED) is 0.746. The molecular weight excluding hydrogens is 232 g/mol. The number of carboxylic acid groups (broad SMARTS) is 1. The van der Waals surface area contributed by atoms with E-state index in [4.69, 9.17) is 0 Å². The average molecular weight is 256 g/mol. The second-order valence-electron chi connectivity index (χ2n) is 5.10. The minimum Gasteiger partial charge on any atom is -0.481 e. The van der Waals surface area contributed by atoms with E-state index < -0.39 is 11.4 Å². The molecule has 2 N–H and O–H groups in total. The molecule has 1 aliphatic heterocycles. The fourth-order valence-corrected chi connectivity index (χ4v) is 2.50. The fraction of sp³-hybridized carbons (Fsp3) is 0.846. The molecule has 1 rings (SSSR count). The van der Waals surface area contributed by atoms with Gasteiger partial charge in [-0.2, -0.15) is 0 Å². The lowest BCUT2D eigenvalue weighted by molar-refractivity contribution is -0.153. The van der Waals surface area contributed by atoms with E-state index in [1.54, 1.807) is 0 Å². The number of hydrogen-bond donors (Lipinski definition) is 2. The van der Waals surface area contributed by atoms with Crippen molar-refractivity contribution < 1.29 is 14.7 Å². The van der Waals surface area contributed by atoms with Gasteiger partial charge in [0.2, 0.25) is 5.91 Å². The normalized spacial score (nSPS) is 24.8. The van der Waals surface area contributed by atoms with Crippen molar-refractivity contribution in [3.63, 3.8) is 0 Å². The molecule has 0 saturated carbocycles. The zero-order chi connectivity index (χ0) is 13.6. The van der Waals surface area contributed by atoms with Gasteiger partial charge in [0, 0.05) is 13.1 Å². The molecule has 0 aromatic rings. The third-order valence-electron chi connectivity index (χ3n) is 3.73. The van der Waals surface area contributed by atoms with Gasteiger partial charge in [-0.15, -0.1) is 0 Å². The first-order valence-corrected chi connectivity index (χ1v) is 6.76. The molecule has 0 bridgehead atoms. The van der Waals surface area contributed by atoms with Gasteiger partial charge >= 0.3 is 5.97 Å². The number of hydrogen-bond acceptors (Lipinski definition) is 3. The van der Waals surface area contributed by atoms with Crippen molar-refractivity contribution in [1.29, 1.82) is 0 Å². The second-order valence-corrected chi connectivity index (χ2v) is 5.10. The van der Waals surface area contributed by atoms with Crippen molar-refractivity contribution in [3.8, 4) is 0 Å². The monoisotopic (exact) mass is 256 g/mol. The molecule has 18 heavy (non-hydrogen) atoms. The topological polar surface area (TPSA) is 69.6 Å². The number of likely N-dealkylation sites (tertiary alicyclic amines) is 1. The van der Waals surface area contributed by atoms with Crippen molar-refractivity contribution >= 4 is 11.9 Å². The Labute approximate surface area is 109 Å². The lowest BCUT2D eigenvalue weighted by Crippen LogP contribution is -2.50. The lowest BCUT2D eigenvalue weighted by Gasteiger charge is -2.39. The number of piperidine rings is 1. The summed E-state index contributed by atoms with van der Waals surface area (Å²) in [5, 5.41) is 12.2. The molecule has 5 heteroatoms. The van der Waals surface area contributed by atoms with Crippen LogP contribution in [0.2, 0.25) is 0 Å². The molecule has 1 saturated heterocycles. The van der Waals surface area contributed by atoms with E-state index in [9.17, 15) is 14.7 Å². The van der Waals surface area contributed by atoms with Crippen molar-refractivity contribution in [2.24, 2.45) is 5.41 Å². The maximum absolute atomic E-state index is 11.6. The Balaban J connectivity index is 2.53. The summed E-state index contributed by atoms with van der Waals surface area (Å²) in [4.78, 5) is 25.0. The van der Waals surface area contributed by atoms with Gasteiger partial charge in [0.25, 0.3) is 0 Å². The SMILES string of the molecule is CCCNC(=O)CN1CCCC(CC)(C(=O)O)C1. The molecule has 0 aromatic carbocycles. The first-order valence-electron chi connectivity index (χ1n) is 6.76. The number of rotatable bonds is 6. The van der Waals surface area contributed by atoms with Crippen LogP contribution in [-0.4, -0.2) is 48.1 Å². The molecule has 0 aromatic heterocycles. The highest BCUT2D eigenvalue weighted by Crippen LogP contribution is 2.33. The van der Waals surface area contributed by atoms with E-state index in [-0.39, 0.29) is 5.91 Å². The molecule has 1 aliphatic rings. The minimum atomic E-state index is -0.733. The molecule has 1 amide bonds. The van der Waals surface area contributed by atoms with Crippen LogP contribution < -0.4 is 5.32 Å². The molecule has 0 spiro atoms. The highest BCUT2D eigenvalue weighted by Gasteiger charge is 2.40. The predicted octanol–water partition coefficient (Wildman–Crippen LogP) is 1.09. The Bertz CT molecular complexity index is 307. The van der Waals surface area contributed by atoms with Crippen LogP contribution in [0.4, 0.5) is 0 Å². The molecule has 5 nitrogen and oxygen atoms in total. The Morgan fingerprint density at radius 1 is 1.39 bits per heavy atom. The summed E-state index contributed by atoms with van der Waals surface area (Å²) < 4.78 is 0. The van der Waals surface area contributed by atoms with Crippen LogP contribution in [0.3, 0.4) is 0 Å². The minimum absolute atomic E-state index is 0.00542. The summed E-state index contributed by atoms with van der Waals surface area (Å²) in [6.07, 6.45) is 3.10. The van der Waals surface area contributed by atoms with Gasteiger partial charge in [-0.25, -0.2) is 0 Å². The third-order valence-corrected chi connectivity index (χ3v) is 3.73. The first-order chi connectivity index (χ1) is 8.54. The summed E-state index contributed by atoms with van der Waals surface area (Å²) in [5.74, 6) is -0.738. The van der Waals surface area contributed by atoms with Crippen LogP contribution in [0.15, 0.2) is 0 Å². The third kappa shape index (κ3) is 3.70. The number of carbonyl (C=O) groups excluding carboxylic acids is 1. The highest BCUT2D eigenvalue weighted by atomic mass is 16.4. The molecule has 1 heterocycles. The molecule has 1 atom stereocenters. The Kier molecular flexibility index (Phi) is 5.59. The average Bonchev–Trinajstić information content (AvgIpc) is 2.36. The van der Waals surface area contributed by atoms with Crippen LogP contribution in [-0.2, 0) is 9.59 Å². The van der Waals surface area contributed by atoms with Crippen LogP contribution in [0, 0.1) is 5.41 Å². The Hall–Kier alpha value is -1.10. The van der Waals surface area contributed by atoms with E-state index in [1.807, 2.05) is 18.7 Å². The number of nitrogens with one attached hydrogen (secondary N) is 1. The summed E-state index contributed by atoms with van der Waals surface area (Å²) >= 11 is 0. The first kappa shape index (κ1) is 15.0. The van der Waals surface area contributed by atoms with E-state index in [2.05, 4.69) is 5.32 Å². The molecular formula is C13H24N2O3. The molecule has 104 valence electrons. The van der Waals surface area contributed by atoms with Crippen molar-refractivity contribution in [3.05, 3.63) is 0 Å². The maximum atomic E-state index is 11.6. The van der Waals surface area contributed by atoms with E-state index in [0.717, 1.165) is 19.4 Å². The van der Waals surface area contributed by atoms with Gasteiger partial charge in [0.15, 0.2) is 0 Å². The smallest absolute Gasteiger partial charge is 0.310 e. The van der Waals surface area contributed by atoms with Crippen molar-refractivity contribution in [2.75, 3.05) is 26.2 Å². The summed E-state index contributed by atoms with van der Waals surface area (Å²) in [5.41, 5.74) is -0.663. The van der Waals surface area contributed by atoms with Crippen molar-refractivity contribution in [2.45, 2.75) is 39.5 Å². The molecule has 1 fully saturated rings. The number of amides is 1. The zero-order valence-electron chi connectivity index (χ0n) is 11.4. The summed E-state index contributed by atoms with van der Waals surface area (Å²) in [6.45, 7) is 6.22. The van der Waals surface area contributed by atoms with Gasteiger partial charge in [-0.3, -0.25) is 14.5 Å². The number of carboxylic acids is 1. The molecule has 0 aliphatic carbocycles. The summed E-state index contributed by atoms with van der Waals surface area (Å²) in [6, 6.07) is 0. The van der Waals surface area contributed by atoms with Crippen LogP contribution >= 0.6 is 0 Å². The number of carbonyl (C=O) groups is 2. The van der Waals surface area contributed by atoms with E-state index in [1.165, 1.54) is 0 Å². The van der Waals surface area contributed by atoms with E-state index in [0.29, 0.717) is 32.5 Å². The Morgan fingerprint density at radius 2 is 2.11 bits per heavy atom. The van der Waals surface area contributed by atoms with E-state index >= 15 is 0 Å². The number of nitrogens with zero attached hydrogens (tertiary/aromatic N) is 1. The standard InChI is InChI=1S/C13H24N2O3/c1-3-7-14-11(16)9-15-8-5-6-13(4-2,10-15)12(17)18/h3-10H2,1-2H3,(H,14,16)(H,17,18). The van der Waals surface area contributed by atoms with Gasteiger partial charge in [-0.1, -0.05) is 13.8 Å². The lowest BCUT2D eigenvalue weighted by atomic mass is 9.77. The van der Waals surface area contributed by atoms with Crippen LogP contribution in [0.25, 0.3) is 0 Å². The predicted molar refractivity (Wildman–Crippen MR) is 69.3 cm³/mol. The number of aliphatic carboxylic acids is 1. The highest BCUT2D eigenvalue weighted by molar-refractivity contribution is 5.78. The van der Waals surface area contributed by atoms with Crippen molar-refractivity contribution in [1.82, 2.24) is 10.2 Å². The van der Waals surface area contributed by atoms with Gasteiger partial charge in [-0.05, 0) is 32.2 Å². The van der Waals surface area contributed by atoms with Crippen LogP contribution in [0.1, 0.15) is 39.5 Å². The largest absolute Gasteiger partial charge is 0.481 e. The van der Waals surface area contributed by atoms with Crippen LogP contribution in [0.5, 0.6) is 0 Å².